The van der Waals surface area contributed by atoms with Crippen LogP contribution in [-0.4, -0.2) is 37.3 Å². The Morgan fingerprint density at radius 1 is 1.35 bits per heavy atom. The number of imidazole rings is 1. The topological polar surface area (TPSA) is 38.9 Å². The molecule has 0 radical (unpaired) electrons. The first kappa shape index (κ1) is 17.5. The summed E-state index contributed by atoms with van der Waals surface area (Å²) in [4.78, 5) is 7.09. The molecule has 1 saturated heterocycles. The van der Waals surface area contributed by atoms with Gasteiger partial charge in [0, 0.05) is 32.4 Å². The van der Waals surface area contributed by atoms with E-state index in [2.05, 4.69) is 26.5 Å². The minimum Gasteiger partial charge on any atom is -0.309 e. The van der Waals surface area contributed by atoms with Crippen molar-refractivity contribution in [1.82, 2.24) is 24.2 Å². The van der Waals surface area contributed by atoms with Crippen molar-refractivity contribution in [2.75, 3.05) is 13.1 Å². The molecule has 0 aliphatic carbocycles. The Morgan fingerprint density at radius 2 is 2.19 bits per heavy atom. The largest absolute Gasteiger partial charge is 0.309 e. The first-order valence-corrected chi connectivity index (χ1v) is 9.50. The molecule has 3 aromatic rings. The Balaban J connectivity index is 1.74. The molecule has 3 heterocycles. The second kappa shape index (κ2) is 7.00. The van der Waals surface area contributed by atoms with E-state index in [1.807, 2.05) is 7.05 Å². The Morgan fingerprint density at radius 3 is 2.92 bits per heavy atom. The van der Waals surface area contributed by atoms with Gasteiger partial charge in [0.1, 0.15) is 11.5 Å². The summed E-state index contributed by atoms with van der Waals surface area (Å²) in [6, 6.07) is 4.74. The number of benzene rings is 1. The van der Waals surface area contributed by atoms with Crippen LogP contribution in [0.3, 0.4) is 0 Å². The molecule has 1 atom stereocenters. The Kier molecular flexibility index (Phi) is 4.71. The molecular weight excluding hydrogens is 353 g/mol. The van der Waals surface area contributed by atoms with Crippen molar-refractivity contribution in [3.8, 4) is 11.5 Å². The average Bonchev–Trinajstić information content (AvgIpc) is 3.26. The third kappa shape index (κ3) is 3.23. The van der Waals surface area contributed by atoms with Gasteiger partial charge in [0.25, 0.3) is 0 Å². The van der Waals surface area contributed by atoms with Crippen molar-refractivity contribution in [1.29, 1.82) is 0 Å². The number of nitrogens with zero attached hydrogens (tertiary/aromatic N) is 5. The number of hydrogen-bond donors (Lipinski definition) is 0. The van der Waals surface area contributed by atoms with Crippen LogP contribution in [0.2, 0.25) is 5.02 Å². The van der Waals surface area contributed by atoms with E-state index in [0.717, 1.165) is 24.5 Å². The average molecular weight is 376 g/mol. The number of aromatic nitrogens is 4. The minimum atomic E-state index is -0.287. The Hall–Kier alpha value is -1.92. The number of aryl methyl sites for hydroxylation is 1. The van der Waals surface area contributed by atoms with Gasteiger partial charge in [-0.3, -0.25) is 9.58 Å². The Bertz CT molecular complexity index is 932. The molecule has 138 valence electrons. The molecule has 2 aromatic heterocycles. The Labute approximate surface area is 157 Å². The molecule has 4 rings (SSSR count). The third-order valence-corrected chi connectivity index (χ3v) is 5.39. The lowest BCUT2D eigenvalue weighted by atomic mass is 10.0. The van der Waals surface area contributed by atoms with Gasteiger partial charge in [0.15, 0.2) is 5.82 Å². The summed E-state index contributed by atoms with van der Waals surface area (Å²) < 4.78 is 17.5. The van der Waals surface area contributed by atoms with Gasteiger partial charge in [0.05, 0.1) is 22.7 Å². The summed E-state index contributed by atoms with van der Waals surface area (Å²) in [6.07, 6.45) is 5.48. The zero-order chi connectivity index (χ0) is 18.3. The summed E-state index contributed by atoms with van der Waals surface area (Å²) in [5, 5.41) is 5.02. The van der Waals surface area contributed by atoms with Gasteiger partial charge in [-0.15, -0.1) is 0 Å². The smallest absolute Gasteiger partial charge is 0.164 e. The van der Waals surface area contributed by atoms with Gasteiger partial charge in [-0.2, -0.15) is 5.10 Å². The maximum Gasteiger partial charge on any atom is 0.164 e. The zero-order valence-electron chi connectivity index (χ0n) is 15.1. The fourth-order valence-corrected chi connectivity index (χ4v) is 4.19. The normalized spacial score (nSPS) is 18.2. The van der Waals surface area contributed by atoms with Gasteiger partial charge in [-0.25, -0.2) is 9.37 Å². The number of rotatable bonds is 5. The monoisotopic (exact) mass is 375 g/mol. The van der Waals surface area contributed by atoms with E-state index in [1.54, 1.807) is 16.9 Å². The van der Waals surface area contributed by atoms with Crippen LogP contribution in [-0.2, 0) is 13.7 Å². The van der Waals surface area contributed by atoms with Crippen LogP contribution in [0.4, 0.5) is 4.39 Å². The van der Waals surface area contributed by atoms with Crippen LogP contribution < -0.4 is 0 Å². The molecule has 1 unspecified atom stereocenters. The minimum absolute atomic E-state index is 0.287. The highest BCUT2D eigenvalue weighted by atomic mass is 35.5. The van der Waals surface area contributed by atoms with Crippen LogP contribution in [0.15, 0.2) is 24.4 Å². The van der Waals surface area contributed by atoms with Crippen molar-refractivity contribution in [2.24, 2.45) is 13.0 Å². The summed E-state index contributed by atoms with van der Waals surface area (Å²) >= 11 is 6.37. The second-order valence-electron chi connectivity index (χ2n) is 7.16. The predicted molar refractivity (Wildman–Crippen MR) is 101 cm³/mol. The van der Waals surface area contributed by atoms with Gasteiger partial charge in [0.2, 0.25) is 0 Å². The molecule has 1 aliphatic heterocycles. The van der Waals surface area contributed by atoms with Gasteiger partial charge >= 0.3 is 0 Å². The lowest BCUT2D eigenvalue weighted by Gasteiger charge is -2.19. The maximum atomic E-state index is 13.7. The lowest BCUT2D eigenvalue weighted by Crippen LogP contribution is -2.24. The maximum absolute atomic E-state index is 13.7. The molecule has 5 nitrogen and oxygen atoms in total. The quantitative estimate of drug-likeness (QED) is 0.667. The first-order chi connectivity index (χ1) is 12.5. The van der Waals surface area contributed by atoms with Crippen LogP contribution in [0, 0.1) is 11.7 Å². The molecule has 0 bridgehead atoms. The van der Waals surface area contributed by atoms with Crippen molar-refractivity contribution in [3.05, 3.63) is 35.2 Å². The molecule has 0 saturated carbocycles. The molecule has 0 N–H and O–H groups in total. The van der Waals surface area contributed by atoms with Gasteiger partial charge in [-0.1, -0.05) is 24.9 Å². The van der Waals surface area contributed by atoms with E-state index in [1.165, 1.54) is 31.4 Å². The SMILES string of the molecule is CCCC1CCN(Cn2c(-c3nn(C)cc3Cl)nc3cc(F)ccc32)C1. The number of halogens is 2. The number of likely N-dealkylation sites (tertiary alicyclic amines) is 1. The standard InChI is InChI=1S/C19H23ClFN5/c1-3-4-13-7-8-25(10-13)12-26-17-6-5-14(21)9-16(17)22-19(26)18-15(20)11-24(2)23-18/h5-6,9,11,13H,3-4,7-8,10,12H2,1-2H3. The van der Waals surface area contributed by atoms with E-state index < -0.39 is 0 Å². The molecule has 7 heteroatoms. The summed E-state index contributed by atoms with van der Waals surface area (Å²) in [7, 11) is 1.83. The number of hydrogen-bond acceptors (Lipinski definition) is 3. The summed E-state index contributed by atoms with van der Waals surface area (Å²) in [6.45, 7) is 5.11. The van der Waals surface area contributed by atoms with E-state index >= 15 is 0 Å². The molecule has 1 aliphatic rings. The number of fused-ring (bicyclic) bond motifs is 1. The van der Waals surface area contributed by atoms with Crippen molar-refractivity contribution in [3.63, 3.8) is 0 Å². The molecule has 26 heavy (non-hydrogen) atoms. The lowest BCUT2D eigenvalue weighted by molar-refractivity contribution is 0.263. The van der Waals surface area contributed by atoms with E-state index in [9.17, 15) is 4.39 Å². The third-order valence-electron chi connectivity index (χ3n) is 5.11. The fraction of sp³-hybridized carbons (Fsp3) is 0.474. The first-order valence-electron chi connectivity index (χ1n) is 9.12. The van der Waals surface area contributed by atoms with Gasteiger partial charge in [-0.05, 0) is 30.9 Å². The second-order valence-corrected chi connectivity index (χ2v) is 7.56. The summed E-state index contributed by atoms with van der Waals surface area (Å²) in [5.41, 5.74) is 2.17. The molecular formula is C19H23ClFN5. The van der Waals surface area contributed by atoms with Crippen molar-refractivity contribution < 1.29 is 4.39 Å². The highest BCUT2D eigenvalue weighted by molar-refractivity contribution is 6.32. The zero-order valence-corrected chi connectivity index (χ0v) is 15.9. The predicted octanol–water partition coefficient (Wildman–Crippen LogP) is 4.31. The fourth-order valence-electron chi connectivity index (χ4n) is 3.92. The molecule has 1 fully saturated rings. The van der Waals surface area contributed by atoms with Gasteiger partial charge < -0.3 is 4.57 Å². The van der Waals surface area contributed by atoms with Crippen LogP contribution >= 0.6 is 11.6 Å². The van der Waals surface area contributed by atoms with Crippen molar-refractivity contribution in [2.45, 2.75) is 32.9 Å². The molecule has 0 spiro atoms. The van der Waals surface area contributed by atoms with Crippen LogP contribution in [0.1, 0.15) is 26.2 Å². The van der Waals surface area contributed by atoms with Crippen LogP contribution in [0.5, 0.6) is 0 Å². The van der Waals surface area contributed by atoms with Crippen molar-refractivity contribution >= 4 is 22.6 Å². The van der Waals surface area contributed by atoms with Crippen LogP contribution in [0.25, 0.3) is 22.6 Å². The highest BCUT2D eigenvalue weighted by Gasteiger charge is 2.25. The van der Waals surface area contributed by atoms with E-state index in [4.69, 9.17) is 11.6 Å². The molecule has 0 amide bonds. The highest BCUT2D eigenvalue weighted by Crippen LogP contribution is 2.31. The summed E-state index contributed by atoms with van der Waals surface area (Å²) in [5.74, 6) is 1.16. The van der Waals surface area contributed by atoms with E-state index in [0.29, 0.717) is 28.7 Å². The van der Waals surface area contributed by atoms with E-state index in [-0.39, 0.29) is 5.82 Å². The molecule has 1 aromatic carbocycles.